The van der Waals surface area contributed by atoms with Gasteiger partial charge in [0, 0.05) is 12.7 Å². The van der Waals surface area contributed by atoms with Crippen LogP contribution in [0.2, 0.25) is 0 Å². The van der Waals surface area contributed by atoms with Gasteiger partial charge in [-0.25, -0.2) is 0 Å². The van der Waals surface area contributed by atoms with Gasteiger partial charge in [-0.3, -0.25) is 14.6 Å². The lowest BCUT2D eigenvalue weighted by atomic mass is 9.94. The van der Waals surface area contributed by atoms with Crippen molar-refractivity contribution in [1.82, 2.24) is 15.2 Å². The van der Waals surface area contributed by atoms with Crippen LogP contribution in [0.4, 0.5) is 0 Å². The third-order valence-electron chi connectivity index (χ3n) is 3.95. The molecule has 1 unspecified atom stereocenters. The molecule has 2 amide bonds. The Balaban J connectivity index is 2.00. The maximum atomic E-state index is 12.9. The molecule has 2 aromatic rings. The second-order valence-corrected chi connectivity index (χ2v) is 6.19. The number of hydrogen-bond donors (Lipinski definition) is 1. The van der Waals surface area contributed by atoms with E-state index < -0.39 is 11.6 Å². The molecule has 0 aliphatic carbocycles. The summed E-state index contributed by atoms with van der Waals surface area (Å²) in [5.41, 5.74) is 0.633. The van der Waals surface area contributed by atoms with Crippen LogP contribution in [-0.2, 0) is 16.1 Å². The average Bonchev–Trinajstić information content (AvgIpc) is 2.54. The van der Waals surface area contributed by atoms with Crippen LogP contribution in [0.1, 0.15) is 31.1 Å². The fourth-order valence-electron chi connectivity index (χ4n) is 2.82. The molecule has 5 nitrogen and oxygen atoms in total. The molecule has 1 saturated heterocycles. The predicted molar refractivity (Wildman–Crippen MR) is 86.2 cm³/mol. The Morgan fingerprint density at radius 3 is 2.43 bits per heavy atom. The zero-order chi connectivity index (χ0) is 16.4. The van der Waals surface area contributed by atoms with Crippen LogP contribution in [0.15, 0.2) is 54.7 Å². The normalized spacial score (nSPS) is 20.3. The topological polar surface area (TPSA) is 62.3 Å². The van der Waals surface area contributed by atoms with Gasteiger partial charge in [0.2, 0.25) is 11.8 Å². The molecule has 1 aromatic heterocycles. The zero-order valence-corrected chi connectivity index (χ0v) is 13.2. The van der Waals surface area contributed by atoms with Crippen LogP contribution in [0, 0.1) is 0 Å². The standard InChI is InChI=1S/C18H19N3O2/c1-18(2)17(23)21(12-13-8-4-3-5-9-13)15(16(22)20-18)14-10-6-7-11-19-14/h3-11,15H,12H2,1-2H3,(H,20,22). The number of carbonyl (C=O) groups excluding carboxylic acids is 2. The molecule has 2 heterocycles. The molecular formula is C18H19N3O2. The molecule has 0 spiro atoms. The lowest BCUT2D eigenvalue weighted by Gasteiger charge is -2.42. The summed E-state index contributed by atoms with van der Waals surface area (Å²) in [6.07, 6.45) is 1.63. The second-order valence-electron chi connectivity index (χ2n) is 6.19. The molecule has 3 rings (SSSR count). The van der Waals surface area contributed by atoms with E-state index in [-0.39, 0.29) is 11.8 Å². The molecule has 0 bridgehead atoms. The number of aromatic nitrogens is 1. The summed E-state index contributed by atoms with van der Waals surface area (Å²) in [5.74, 6) is -0.319. The molecule has 5 heteroatoms. The Morgan fingerprint density at radius 1 is 1.09 bits per heavy atom. The highest BCUT2D eigenvalue weighted by atomic mass is 16.2. The average molecular weight is 309 g/mol. The Morgan fingerprint density at radius 2 is 1.78 bits per heavy atom. The van der Waals surface area contributed by atoms with Gasteiger partial charge in [-0.1, -0.05) is 36.4 Å². The van der Waals surface area contributed by atoms with E-state index in [1.807, 2.05) is 36.4 Å². The van der Waals surface area contributed by atoms with E-state index >= 15 is 0 Å². The number of pyridine rings is 1. The first kappa shape index (κ1) is 15.2. The van der Waals surface area contributed by atoms with Crippen molar-refractivity contribution in [2.75, 3.05) is 0 Å². The van der Waals surface area contributed by atoms with Crippen LogP contribution < -0.4 is 5.32 Å². The third kappa shape index (κ3) is 2.95. The van der Waals surface area contributed by atoms with E-state index in [0.29, 0.717) is 12.2 Å². The van der Waals surface area contributed by atoms with Crippen molar-refractivity contribution >= 4 is 11.8 Å². The summed E-state index contributed by atoms with van der Waals surface area (Å²) in [6.45, 7) is 3.82. The summed E-state index contributed by atoms with van der Waals surface area (Å²) in [4.78, 5) is 31.4. The smallest absolute Gasteiger partial charge is 0.249 e. The maximum Gasteiger partial charge on any atom is 0.249 e. The van der Waals surface area contributed by atoms with Crippen LogP contribution >= 0.6 is 0 Å². The van der Waals surface area contributed by atoms with E-state index in [1.54, 1.807) is 37.1 Å². The molecule has 23 heavy (non-hydrogen) atoms. The first-order chi connectivity index (χ1) is 11.0. The van der Waals surface area contributed by atoms with E-state index in [0.717, 1.165) is 5.56 Å². The van der Waals surface area contributed by atoms with Gasteiger partial charge in [-0.15, -0.1) is 0 Å². The largest absolute Gasteiger partial charge is 0.340 e. The van der Waals surface area contributed by atoms with Gasteiger partial charge in [-0.2, -0.15) is 0 Å². The summed E-state index contributed by atoms with van der Waals surface area (Å²) in [5, 5.41) is 2.80. The number of amides is 2. The van der Waals surface area contributed by atoms with Gasteiger partial charge in [0.1, 0.15) is 5.54 Å². The molecule has 1 aliphatic rings. The van der Waals surface area contributed by atoms with Gasteiger partial charge >= 0.3 is 0 Å². The molecular weight excluding hydrogens is 290 g/mol. The molecule has 1 fully saturated rings. The Hall–Kier alpha value is -2.69. The minimum Gasteiger partial charge on any atom is -0.340 e. The van der Waals surface area contributed by atoms with Crippen LogP contribution in [0.25, 0.3) is 0 Å². The lowest BCUT2D eigenvalue weighted by molar-refractivity contribution is -0.154. The van der Waals surface area contributed by atoms with Gasteiger partial charge in [0.15, 0.2) is 6.04 Å². The van der Waals surface area contributed by atoms with Crippen molar-refractivity contribution < 1.29 is 9.59 Å². The second kappa shape index (κ2) is 5.83. The molecule has 118 valence electrons. The number of piperazine rings is 1. The van der Waals surface area contributed by atoms with Gasteiger partial charge < -0.3 is 10.2 Å². The fourth-order valence-corrected chi connectivity index (χ4v) is 2.82. The van der Waals surface area contributed by atoms with Crippen molar-refractivity contribution in [1.29, 1.82) is 0 Å². The number of benzene rings is 1. The van der Waals surface area contributed by atoms with E-state index in [9.17, 15) is 9.59 Å². The summed E-state index contributed by atoms with van der Waals surface area (Å²) < 4.78 is 0. The maximum absolute atomic E-state index is 12.9. The van der Waals surface area contributed by atoms with Crippen LogP contribution in [-0.4, -0.2) is 27.2 Å². The summed E-state index contributed by atoms with van der Waals surface area (Å²) in [7, 11) is 0. The van der Waals surface area contributed by atoms with Crippen molar-refractivity contribution in [3.05, 3.63) is 66.0 Å². The van der Waals surface area contributed by atoms with E-state index in [2.05, 4.69) is 10.3 Å². The Bertz CT molecular complexity index is 714. The monoisotopic (exact) mass is 309 g/mol. The van der Waals surface area contributed by atoms with Crippen molar-refractivity contribution in [3.63, 3.8) is 0 Å². The summed E-state index contributed by atoms with van der Waals surface area (Å²) in [6, 6.07) is 14.3. The van der Waals surface area contributed by atoms with Gasteiger partial charge in [-0.05, 0) is 31.5 Å². The number of carbonyl (C=O) groups is 2. The molecule has 1 aromatic carbocycles. The minimum atomic E-state index is -0.919. The van der Waals surface area contributed by atoms with Crippen LogP contribution in [0.5, 0.6) is 0 Å². The molecule has 0 saturated carbocycles. The van der Waals surface area contributed by atoms with Gasteiger partial charge in [0.25, 0.3) is 0 Å². The predicted octanol–water partition coefficient (Wildman–Crippen LogP) is 2.06. The quantitative estimate of drug-likeness (QED) is 0.944. The van der Waals surface area contributed by atoms with Crippen molar-refractivity contribution in [2.24, 2.45) is 0 Å². The van der Waals surface area contributed by atoms with E-state index in [1.165, 1.54) is 0 Å². The van der Waals surface area contributed by atoms with Gasteiger partial charge in [0.05, 0.1) is 5.69 Å². The molecule has 1 atom stereocenters. The van der Waals surface area contributed by atoms with Crippen molar-refractivity contribution in [2.45, 2.75) is 32.0 Å². The highest BCUT2D eigenvalue weighted by Gasteiger charge is 2.46. The first-order valence-electron chi connectivity index (χ1n) is 7.57. The molecule has 0 radical (unpaired) electrons. The number of nitrogens with zero attached hydrogens (tertiary/aromatic N) is 2. The van der Waals surface area contributed by atoms with E-state index in [4.69, 9.17) is 0 Å². The molecule has 1 aliphatic heterocycles. The lowest BCUT2D eigenvalue weighted by Crippen LogP contribution is -2.64. The first-order valence-corrected chi connectivity index (χ1v) is 7.57. The summed E-state index contributed by atoms with van der Waals surface area (Å²) >= 11 is 0. The Labute approximate surface area is 135 Å². The number of hydrogen-bond acceptors (Lipinski definition) is 3. The number of nitrogens with one attached hydrogen (secondary N) is 1. The van der Waals surface area contributed by atoms with Crippen LogP contribution in [0.3, 0.4) is 0 Å². The minimum absolute atomic E-state index is 0.114. The SMILES string of the molecule is CC1(C)NC(=O)C(c2ccccn2)N(Cc2ccccc2)C1=O. The fraction of sp³-hybridized carbons (Fsp3) is 0.278. The zero-order valence-electron chi connectivity index (χ0n) is 13.2. The molecule has 1 N–H and O–H groups in total. The number of rotatable bonds is 3. The third-order valence-corrected chi connectivity index (χ3v) is 3.95. The van der Waals surface area contributed by atoms with Crippen molar-refractivity contribution in [3.8, 4) is 0 Å². The Kier molecular flexibility index (Phi) is 3.86. The highest BCUT2D eigenvalue weighted by molar-refractivity contribution is 5.99. The highest BCUT2D eigenvalue weighted by Crippen LogP contribution is 2.29.